The maximum absolute atomic E-state index is 12.2. The molecule has 2 heterocycles. The van der Waals surface area contributed by atoms with Crippen molar-refractivity contribution in [3.05, 3.63) is 69.6 Å². The van der Waals surface area contributed by atoms with Crippen LogP contribution < -0.4 is 5.32 Å². The normalized spacial score (nSPS) is 11.8. The van der Waals surface area contributed by atoms with Gasteiger partial charge in [-0.1, -0.05) is 29.8 Å². The lowest BCUT2D eigenvalue weighted by Crippen LogP contribution is -2.35. The van der Waals surface area contributed by atoms with Crippen LogP contribution in [0.5, 0.6) is 0 Å². The number of carbonyl (C=O) groups is 2. The van der Waals surface area contributed by atoms with Crippen LogP contribution in [-0.2, 0) is 16.1 Å². The molecule has 1 amide bonds. The summed E-state index contributed by atoms with van der Waals surface area (Å²) in [6.07, 6.45) is -0.934. The fraction of sp³-hybridized carbons (Fsp3) is 0.158. The summed E-state index contributed by atoms with van der Waals surface area (Å²) in [6.45, 7) is 1.91. The van der Waals surface area contributed by atoms with E-state index in [2.05, 4.69) is 5.32 Å². The van der Waals surface area contributed by atoms with Crippen molar-refractivity contribution in [2.75, 3.05) is 0 Å². The highest BCUT2D eigenvalue weighted by Gasteiger charge is 2.21. The number of amides is 1. The van der Waals surface area contributed by atoms with Gasteiger partial charge < -0.3 is 14.5 Å². The number of rotatable bonds is 6. The van der Waals surface area contributed by atoms with Crippen LogP contribution in [-0.4, -0.2) is 18.0 Å². The van der Waals surface area contributed by atoms with Crippen molar-refractivity contribution in [3.8, 4) is 11.3 Å². The Labute approximate surface area is 159 Å². The molecule has 0 spiro atoms. The van der Waals surface area contributed by atoms with E-state index in [-0.39, 0.29) is 11.7 Å². The van der Waals surface area contributed by atoms with Crippen molar-refractivity contribution >= 4 is 34.8 Å². The zero-order valence-electron chi connectivity index (χ0n) is 13.9. The minimum atomic E-state index is -0.934. The second-order valence-electron chi connectivity index (χ2n) is 5.49. The summed E-state index contributed by atoms with van der Waals surface area (Å²) >= 11 is 7.66. The molecule has 0 saturated heterocycles. The van der Waals surface area contributed by atoms with Gasteiger partial charge in [-0.3, -0.25) is 4.79 Å². The lowest BCUT2D eigenvalue weighted by molar-refractivity contribution is -0.129. The molecule has 0 bridgehead atoms. The maximum atomic E-state index is 12.2. The number of nitrogens with one attached hydrogen (secondary N) is 1. The smallest absolute Gasteiger partial charge is 0.375 e. The van der Waals surface area contributed by atoms with Crippen molar-refractivity contribution in [2.24, 2.45) is 0 Å². The van der Waals surface area contributed by atoms with Gasteiger partial charge in [-0.15, -0.1) is 11.3 Å². The second-order valence-corrected chi connectivity index (χ2v) is 6.93. The van der Waals surface area contributed by atoms with Gasteiger partial charge in [0.05, 0.1) is 11.6 Å². The second kappa shape index (κ2) is 8.21. The number of furan rings is 1. The Bertz CT molecular complexity index is 904. The maximum Gasteiger partial charge on any atom is 0.375 e. The summed E-state index contributed by atoms with van der Waals surface area (Å²) in [6, 6.07) is 14.1. The number of hydrogen-bond donors (Lipinski definition) is 1. The van der Waals surface area contributed by atoms with Gasteiger partial charge in [-0.2, -0.15) is 0 Å². The Morgan fingerprint density at radius 1 is 1.19 bits per heavy atom. The van der Waals surface area contributed by atoms with Gasteiger partial charge in [-0.05, 0) is 42.6 Å². The Balaban J connectivity index is 1.59. The molecule has 0 radical (unpaired) electrons. The van der Waals surface area contributed by atoms with Crippen molar-refractivity contribution in [1.82, 2.24) is 5.32 Å². The fourth-order valence-corrected chi connectivity index (χ4v) is 3.13. The molecular weight excluding hydrogens is 374 g/mol. The lowest BCUT2D eigenvalue weighted by atomic mass is 10.2. The Morgan fingerprint density at radius 2 is 2.00 bits per heavy atom. The predicted molar refractivity (Wildman–Crippen MR) is 100 cm³/mol. The summed E-state index contributed by atoms with van der Waals surface area (Å²) in [7, 11) is 0. The summed E-state index contributed by atoms with van der Waals surface area (Å²) in [5.74, 6) is -0.609. The van der Waals surface area contributed by atoms with Crippen molar-refractivity contribution in [3.63, 3.8) is 0 Å². The van der Waals surface area contributed by atoms with Crippen LogP contribution in [0.3, 0.4) is 0 Å². The van der Waals surface area contributed by atoms with E-state index < -0.39 is 12.1 Å². The van der Waals surface area contributed by atoms with Crippen molar-refractivity contribution in [1.29, 1.82) is 0 Å². The van der Waals surface area contributed by atoms with Crippen LogP contribution in [0.15, 0.2) is 58.3 Å². The first-order valence-electron chi connectivity index (χ1n) is 7.90. The van der Waals surface area contributed by atoms with E-state index >= 15 is 0 Å². The van der Waals surface area contributed by atoms with E-state index in [4.69, 9.17) is 20.8 Å². The Hall–Kier alpha value is -2.57. The quantitative estimate of drug-likeness (QED) is 0.629. The molecule has 2 aromatic heterocycles. The molecule has 26 heavy (non-hydrogen) atoms. The molecule has 134 valence electrons. The first kappa shape index (κ1) is 18.2. The first-order valence-corrected chi connectivity index (χ1v) is 9.16. The minimum absolute atomic E-state index is 0.0119. The third kappa shape index (κ3) is 4.33. The third-order valence-electron chi connectivity index (χ3n) is 3.62. The SMILES string of the molecule is C[C@@H](OC(=O)c1ccc(-c2ccccc2Cl)o1)C(=O)NCc1cccs1. The number of halogens is 1. The van der Waals surface area contributed by atoms with Gasteiger partial charge in [0.2, 0.25) is 5.76 Å². The highest BCUT2D eigenvalue weighted by Crippen LogP contribution is 2.29. The van der Waals surface area contributed by atoms with Gasteiger partial charge >= 0.3 is 5.97 Å². The summed E-state index contributed by atoms with van der Waals surface area (Å²) in [5, 5.41) is 5.17. The lowest BCUT2D eigenvalue weighted by Gasteiger charge is -2.12. The summed E-state index contributed by atoms with van der Waals surface area (Å²) in [5.41, 5.74) is 0.676. The molecule has 3 aromatic rings. The standard InChI is InChI=1S/C19H16ClNO4S/c1-12(18(22)21-11-13-5-4-10-26-13)24-19(23)17-9-8-16(25-17)14-6-2-3-7-15(14)20/h2-10,12H,11H2,1H3,(H,21,22)/t12-/m1/s1. The molecule has 7 heteroatoms. The predicted octanol–water partition coefficient (Wildman–Crippen LogP) is 4.52. The van der Waals surface area contributed by atoms with E-state index in [1.165, 1.54) is 13.0 Å². The average Bonchev–Trinajstić information content (AvgIpc) is 3.31. The van der Waals surface area contributed by atoms with E-state index in [1.54, 1.807) is 35.6 Å². The molecule has 1 N–H and O–H groups in total. The molecule has 1 aromatic carbocycles. The highest BCUT2D eigenvalue weighted by atomic mass is 35.5. The summed E-state index contributed by atoms with van der Waals surface area (Å²) in [4.78, 5) is 25.3. The number of carbonyl (C=O) groups excluding carboxylic acids is 2. The monoisotopic (exact) mass is 389 g/mol. The van der Waals surface area contributed by atoms with E-state index in [0.717, 1.165) is 4.88 Å². The topological polar surface area (TPSA) is 68.5 Å². The molecule has 0 aliphatic rings. The Kier molecular flexibility index (Phi) is 5.75. The van der Waals surface area contributed by atoms with Gasteiger partial charge in [0.25, 0.3) is 5.91 Å². The van der Waals surface area contributed by atoms with Crippen LogP contribution in [0.25, 0.3) is 11.3 Å². The molecule has 0 fully saturated rings. The van der Waals surface area contributed by atoms with E-state index in [0.29, 0.717) is 22.9 Å². The summed E-state index contributed by atoms with van der Waals surface area (Å²) < 4.78 is 10.7. The molecule has 0 saturated carbocycles. The number of ether oxygens (including phenoxy) is 1. The number of hydrogen-bond acceptors (Lipinski definition) is 5. The van der Waals surface area contributed by atoms with Gasteiger partial charge in [-0.25, -0.2) is 4.79 Å². The fourth-order valence-electron chi connectivity index (χ4n) is 2.26. The van der Waals surface area contributed by atoms with Crippen LogP contribution >= 0.6 is 22.9 Å². The van der Waals surface area contributed by atoms with Gasteiger partial charge in [0.1, 0.15) is 5.76 Å². The molecule has 0 aliphatic heterocycles. The zero-order valence-corrected chi connectivity index (χ0v) is 15.5. The van der Waals surface area contributed by atoms with Crippen LogP contribution in [0, 0.1) is 0 Å². The van der Waals surface area contributed by atoms with Crippen LogP contribution in [0.4, 0.5) is 0 Å². The molecule has 5 nitrogen and oxygen atoms in total. The van der Waals surface area contributed by atoms with Crippen LogP contribution in [0.2, 0.25) is 5.02 Å². The van der Waals surface area contributed by atoms with Gasteiger partial charge in [0, 0.05) is 10.4 Å². The molecule has 0 aliphatic carbocycles. The zero-order chi connectivity index (χ0) is 18.5. The highest BCUT2D eigenvalue weighted by molar-refractivity contribution is 7.09. The molecule has 3 rings (SSSR count). The number of benzene rings is 1. The van der Waals surface area contributed by atoms with E-state index in [9.17, 15) is 9.59 Å². The number of thiophene rings is 1. The molecule has 0 unspecified atom stereocenters. The van der Waals surface area contributed by atoms with Crippen molar-refractivity contribution < 1.29 is 18.7 Å². The molecular formula is C19H16ClNO4S. The van der Waals surface area contributed by atoms with Crippen LogP contribution in [0.1, 0.15) is 22.4 Å². The average molecular weight is 390 g/mol. The molecule has 1 atom stereocenters. The minimum Gasteiger partial charge on any atom is -0.449 e. The first-order chi connectivity index (χ1) is 12.5. The van der Waals surface area contributed by atoms with E-state index in [1.807, 2.05) is 23.6 Å². The van der Waals surface area contributed by atoms with Crippen molar-refractivity contribution in [2.45, 2.75) is 19.6 Å². The Morgan fingerprint density at radius 3 is 2.73 bits per heavy atom. The van der Waals surface area contributed by atoms with Gasteiger partial charge in [0.15, 0.2) is 6.10 Å². The third-order valence-corrected chi connectivity index (χ3v) is 4.82. The largest absolute Gasteiger partial charge is 0.449 e. The number of esters is 1.